The average Bonchev–Trinajstić information content (AvgIpc) is 3.15. The summed E-state index contributed by atoms with van der Waals surface area (Å²) >= 11 is 4.23. The fourth-order valence-corrected chi connectivity index (χ4v) is 2.03. The van der Waals surface area contributed by atoms with Gasteiger partial charge in [0, 0.05) is 11.4 Å². The number of hydrogen-bond acceptors (Lipinski definition) is 2. The smallest absolute Gasteiger partial charge is 0.227 e. The number of benzene rings is 1. The van der Waals surface area contributed by atoms with Crippen molar-refractivity contribution >= 4 is 18.5 Å². The fourth-order valence-electron chi connectivity index (χ4n) is 1.88. The third-order valence-electron chi connectivity index (χ3n) is 3.10. The lowest BCUT2D eigenvalue weighted by Gasteiger charge is -2.20. The van der Waals surface area contributed by atoms with Crippen molar-refractivity contribution in [2.75, 3.05) is 13.1 Å². The van der Waals surface area contributed by atoms with Gasteiger partial charge in [-0.05, 0) is 36.5 Å². The summed E-state index contributed by atoms with van der Waals surface area (Å²) < 4.78 is 0. The molecule has 0 atom stereocenters. The van der Waals surface area contributed by atoms with E-state index in [0.29, 0.717) is 18.9 Å². The Hall–Kier alpha value is -1.40. The highest BCUT2D eigenvalue weighted by Crippen LogP contribution is 2.29. The van der Waals surface area contributed by atoms with Gasteiger partial charge in [-0.2, -0.15) is 0 Å². The maximum Gasteiger partial charge on any atom is 0.227 e. The molecule has 18 heavy (non-hydrogen) atoms. The minimum absolute atomic E-state index is 0.117. The topological polar surface area (TPSA) is 20.3 Å². The molecule has 0 saturated heterocycles. The summed E-state index contributed by atoms with van der Waals surface area (Å²) in [5.74, 6) is 3.36. The first kappa shape index (κ1) is 13.0. The SMILES string of the molecule is C#CCN(CC1CC1)C(=O)Cc1ccc(S)cc1. The number of rotatable bonds is 5. The molecule has 1 aliphatic rings. The maximum atomic E-state index is 12.2. The lowest BCUT2D eigenvalue weighted by Crippen LogP contribution is -2.34. The molecule has 1 saturated carbocycles. The summed E-state index contributed by atoms with van der Waals surface area (Å²) in [6.45, 7) is 1.23. The Labute approximate surface area is 114 Å². The van der Waals surface area contributed by atoms with Gasteiger partial charge in [-0.1, -0.05) is 18.1 Å². The van der Waals surface area contributed by atoms with Crippen molar-refractivity contribution < 1.29 is 4.79 Å². The second-order valence-corrected chi connectivity index (χ2v) is 5.28. The van der Waals surface area contributed by atoms with E-state index in [1.54, 1.807) is 4.90 Å². The van der Waals surface area contributed by atoms with E-state index in [-0.39, 0.29) is 5.91 Å². The van der Waals surface area contributed by atoms with Crippen molar-refractivity contribution in [1.82, 2.24) is 4.90 Å². The quantitative estimate of drug-likeness (QED) is 0.636. The Morgan fingerprint density at radius 1 is 1.39 bits per heavy atom. The van der Waals surface area contributed by atoms with E-state index in [4.69, 9.17) is 6.42 Å². The molecule has 1 aromatic carbocycles. The Morgan fingerprint density at radius 2 is 2.06 bits per heavy atom. The molecule has 2 rings (SSSR count). The summed E-state index contributed by atoms with van der Waals surface area (Å²) in [6.07, 6.45) is 8.19. The molecule has 0 N–H and O–H groups in total. The molecule has 3 heteroatoms. The van der Waals surface area contributed by atoms with Crippen LogP contribution in [-0.4, -0.2) is 23.9 Å². The van der Waals surface area contributed by atoms with Gasteiger partial charge in [-0.15, -0.1) is 19.1 Å². The van der Waals surface area contributed by atoms with Crippen molar-refractivity contribution in [3.8, 4) is 12.3 Å². The molecule has 1 amide bonds. The van der Waals surface area contributed by atoms with E-state index >= 15 is 0 Å². The molecule has 0 bridgehead atoms. The van der Waals surface area contributed by atoms with Crippen LogP contribution in [0.25, 0.3) is 0 Å². The molecule has 94 valence electrons. The highest BCUT2D eigenvalue weighted by molar-refractivity contribution is 7.80. The summed E-state index contributed by atoms with van der Waals surface area (Å²) in [6, 6.07) is 7.67. The lowest BCUT2D eigenvalue weighted by molar-refractivity contribution is -0.130. The van der Waals surface area contributed by atoms with Crippen LogP contribution in [0.15, 0.2) is 29.2 Å². The Morgan fingerprint density at radius 3 is 2.61 bits per heavy atom. The summed E-state index contributed by atoms with van der Waals surface area (Å²) in [4.78, 5) is 14.9. The largest absolute Gasteiger partial charge is 0.331 e. The molecule has 1 aromatic rings. The number of nitrogens with zero attached hydrogens (tertiary/aromatic N) is 1. The van der Waals surface area contributed by atoms with Gasteiger partial charge < -0.3 is 4.90 Å². The highest BCUT2D eigenvalue weighted by Gasteiger charge is 2.26. The summed E-state index contributed by atoms with van der Waals surface area (Å²) in [5, 5.41) is 0. The third kappa shape index (κ3) is 3.82. The molecule has 1 fully saturated rings. The van der Waals surface area contributed by atoms with Gasteiger partial charge >= 0.3 is 0 Å². The minimum atomic E-state index is 0.117. The van der Waals surface area contributed by atoms with Crippen molar-refractivity contribution in [2.24, 2.45) is 5.92 Å². The molecular formula is C15H17NOS. The zero-order valence-electron chi connectivity index (χ0n) is 10.3. The van der Waals surface area contributed by atoms with Crippen LogP contribution in [0.5, 0.6) is 0 Å². The molecule has 0 heterocycles. The van der Waals surface area contributed by atoms with Gasteiger partial charge in [0.2, 0.25) is 5.91 Å². The zero-order valence-corrected chi connectivity index (χ0v) is 11.2. The average molecular weight is 259 g/mol. The standard InChI is InChI=1S/C15H17NOS/c1-2-9-16(11-13-3-4-13)15(17)10-12-5-7-14(18)8-6-12/h1,5-8,13,18H,3-4,9-11H2. The Kier molecular flexibility index (Phi) is 4.33. The van der Waals surface area contributed by atoms with E-state index in [9.17, 15) is 4.79 Å². The van der Waals surface area contributed by atoms with E-state index in [1.165, 1.54) is 12.8 Å². The van der Waals surface area contributed by atoms with Gasteiger partial charge in [-0.25, -0.2) is 0 Å². The van der Waals surface area contributed by atoms with Gasteiger partial charge in [0.05, 0.1) is 13.0 Å². The summed E-state index contributed by atoms with van der Waals surface area (Å²) in [7, 11) is 0. The Balaban J connectivity index is 1.95. The van der Waals surface area contributed by atoms with E-state index in [0.717, 1.165) is 17.0 Å². The van der Waals surface area contributed by atoms with Crippen LogP contribution >= 0.6 is 12.6 Å². The van der Waals surface area contributed by atoms with Crippen LogP contribution in [0.4, 0.5) is 0 Å². The predicted octanol–water partition coefficient (Wildman–Crippen LogP) is 2.39. The number of terminal acetylenes is 1. The van der Waals surface area contributed by atoms with Crippen LogP contribution < -0.4 is 0 Å². The first-order valence-corrected chi connectivity index (χ1v) is 6.63. The van der Waals surface area contributed by atoms with Crippen LogP contribution in [0.1, 0.15) is 18.4 Å². The zero-order chi connectivity index (χ0) is 13.0. The molecule has 0 aliphatic heterocycles. The van der Waals surface area contributed by atoms with Crippen molar-refractivity contribution in [1.29, 1.82) is 0 Å². The van der Waals surface area contributed by atoms with Gasteiger partial charge in [0.15, 0.2) is 0 Å². The second-order valence-electron chi connectivity index (χ2n) is 4.76. The molecule has 0 radical (unpaired) electrons. The molecule has 0 unspecified atom stereocenters. The van der Waals surface area contributed by atoms with Gasteiger partial charge in [0.25, 0.3) is 0 Å². The number of carbonyl (C=O) groups excluding carboxylic acids is 1. The first-order chi connectivity index (χ1) is 8.69. The number of amides is 1. The maximum absolute atomic E-state index is 12.2. The van der Waals surface area contributed by atoms with Crippen molar-refractivity contribution in [2.45, 2.75) is 24.2 Å². The lowest BCUT2D eigenvalue weighted by atomic mass is 10.1. The predicted molar refractivity (Wildman–Crippen MR) is 75.5 cm³/mol. The molecule has 1 aliphatic carbocycles. The van der Waals surface area contributed by atoms with E-state index in [2.05, 4.69) is 18.5 Å². The van der Waals surface area contributed by atoms with Crippen molar-refractivity contribution in [3.63, 3.8) is 0 Å². The van der Waals surface area contributed by atoms with E-state index < -0.39 is 0 Å². The minimum Gasteiger partial charge on any atom is -0.331 e. The van der Waals surface area contributed by atoms with Crippen LogP contribution in [0.2, 0.25) is 0 Å². The summed E-state index contributed by atoms with van der Waals surface area (Å²) in [5.41, 5.74) is 1.01. The van der Waals surface area contributed by atoms with E-state index in [1.807, 2.05) is 24.3 Å². The monoisotopic (exact) mass is 259 g/mol. The van der Waals surface area contributed by atoms with Crippen LogP contribution in [-0.2, 0) is 11.2 Å². The molecule has 0 spiro atoms. The molecule has 2 nitrogen and oxygen atoms in total. The van der Waals surface area contributed by atoms with Gasteiger partial charge in [0.1, 0.15) is 0 Å². The first-order valence-electron chi connectivity index (χ1n) is 6.18. The normalized spacial score (nSPS) is 14.0. The third-order valence-corrected chi connectivity index (χ3v) is 3.40. The fraction of sp³-hybridized carbons (Fsp3) is 0.400. The second kappa shape index (κ2) is 5.97. The highest BCUT2D eigenvalue weighted by atomic mass is 32.1. The van der Waals surface area contributed by atoms with Crippen molar-refractivity contribution in [3.05, 3.63) is 29.8 Å². The number of carbonyl (C=O) groups is 1. The number of thiol groups is 1. The van der Waals surface area contributed by atoms with Crippen LogP contribution in [0, 0.1) is 18.3 Å². The number of hydrogen-bond donors (Lipinski definition) is 1. The van der Waals surface area contributed by atoms with Crippen LogP contribution in [0.3, 0.4) is 0 Å². The Bertz CT molecular complexity index is 456. The molecule has 0 aromatic heterocycles. The molecular weight excluding hydrogens is 242 g/mol. The van der Waals surface area contributed by atoms with Gasteiger partial charge in [-0.3, -0.25) is 4.79 Å².